The average Bonchev–Trinajstić information content (AvgIpc) is 2.38. The van der Waals surface area contributed by atoms with Crippen LogP contribution < -0.4 is 0 Å². The number of hydrogen-bond acceptors (Lipinski definition) is 2. The van der Waals surface area contributed by atoms with Gasteiger partial charge in [-0.25, -0.2) is 0 Å². The Balaban J connectivity index is 2.40. The molecule has 0 saturated heterocycles. The van der Waals surface area contributed by atoms with Crippen molar-refractivity contribution in [3.05, 3.63) is 16.9 Å². The summed E-state index contributed by atoms with van der Waals surface area (Å²) in [5, 5.41) is 11.7. The third-order valence-electron chi connectivity index (χ3n) is 2.52. The third-order valence-corrected chi connectivity index (χ3v) is 2.52. The summed E-state index contributed by atoms with van der Waals surface area (Å²) in [4.78, 5) is 0. The van der Waals surface area contributed by atoms with E-state index in [1.807, 2.05) is 13.8 Å². The van der Waals surface area contributed by atoms with Crippen LogP contribution in [0.25, 0.3) is 0 Å². The number of ether oxygens (including phenoxy) is 1. The first-order valence-electron chi connectivity index (χ1n) is 5.53. The lowest BCUT2D eigenvalue weighted by atomic mass is 10.1. The molecule has 0 N–H and O–H groups in total. The molecule has 0 aromatic rings. The highest BCUT2D eigenvalue weighted by Crippen LogP contribution is 2.18. The molecule has 0 radical (unpaired) electrons. The minimum Gasteiger partial charge on any atom is -0.621 e. The molecule has 0 amide bonds. The molecule has 0 spiro atoms. The molecule has 0 atom stereocenters. The molecule has 0 saturated carbocycles. The fourth-order valence-electron chi connectivity index (χ4n) is 1.53. The van der Waals surface area contributed by atoms with Gasteiger partial charge in [-0.05, 0) is 26.7 Å². The number of rotatable bonds is 4. The minimum absolute atomic E-state index is 0.383. The van der Waals surface area contributed by atoms with E-state index in [9.17, 15) is 5.21 Å². The number of unbranched alkanes of at least 4 members (excludes halogenated alkanes) is 1. The van der Waals surface area contributed by atoms with Crippen molar-refractivity contribution in [2.24, 2.45) is 0 Å². The lowest BCUT2D eigenvalue weighted by Crippen LogP contribution is -2.32. The van der Waals surface area contributed by atoms with E-state index < -0.39 is 0 Å². The Hall–Kier alpha value is -0.990. The summed E-state index contributed by atoms with van der Waals surface area (Å²) in [6.07, 6.45) is 4.94. The maximum atomic E-state index is 11.7. The molecule has 1 aliphatic rings. The monoisotopic (exact) mass is 211 g/mol. The van der Waals surface area contributed by atoms with Gasteiger partial charge in [0.25, 0.3) is 0 Å². The Morgan fingerprint density at radius 1 is 1.53 bits per heavy atom. The lowest BCUT2D eigenvalue weighted by Gasteiger charge is -2.14. The first kappa shape index (κ1) is 12.1. The van der Waals surface area contributed by atoms with Gasteiger partial charge >= 0.3 is 5.90 Å². The quantitative estimate of drug-likeness (QED) is 0.310. The van der Waals surface area contributed by atoms with E-state index >= 15 is 0 Å². The zero-order valence-corrected chi connectivity index (χ0v) is 10.2. The first-order valence-corrected chi connectivity index (χ1v) is 5.53. The molecule has 0 aliphatic carbocycles. The van der Waals surface area contributed by atoms with E-state index in [1.165, 1.54) is 5.57 Å². The van der Waals surface area contributed by atoms with Crippen LogP contribution in [0.4, 0.5) is 0 Å². The zero-order chi connectivity index (χ0) is 11.5. The molecule has 0 fully saturated rings. The SMILES string of the molecule is CC(C)=CCCCC1=[N+]([O-])C(C)(C)CO1. The summed E-state index contributed by atoms with van der Waals surface area (Å²) in [5.74, 6) is 0.599. The van der Waals surface area contributed by atoms with E-state index in [2.05, 4.69) is 19.9 Å². The highest BCUT2D eigenvalue weighted by molar-refractivity contribution is 5.72. The number of nitrogens with zero attached hydrogens (tertiary/aromatic N) is 1. The highest BCUT2D eigenvalue weighted by Gasteiger charge is 2.38. The Morgan fingerprint density at radius 3 is 2.67 bits per heavy atom. The van der Waals surface area contributed by atoms with Crippen LogP contribution in [-0.4, -0.2) is 22.8 Å². The van der Waals surface area contributed by atoms with Gasteiger partial charge in [-0.3, -0.25) is 0 Å². The number of hydrogen-bond donors (Lipinski definition) is 0. The van der Waals surface area contributed by atoms with Crippen molar-refractivity contribution in [3.63, 3.8) is 0 Å². The Kier molecular flexibility index (Phi) is 3.77. The van der Waals surface area contributed by atoms with E-state index in [1.54, 1.807) is 0 Å². The summed E-state index contributed by atoms with van der Waals surface area (Å²) >= 11 is 0. The van der Waals surface area contributed by atoms with Gasteiger partial charge in [0.2, 0.25) is 5.54 Å². The maximum Gasteiger partial charge on any atom is 0.348 e. The fourth-order valence-corrected chi connectivity index (χ4v) is 1.53. The van der Waals surface area contributed by atoms with E-state index in [0.717, 1.165) is 24.0 Å². The Labute approximate surface area is 92.0 Å². The summed E-state index contributed by atoms with van der Waals surface area (Å²) in [6, 6.07) is 0. The van der Waals surface area contributed by atoms with Gasteiger partial charge < -0.3 is 9.94 Å². The maximum absolute atomic E-state index is 11.7. The van der Waals surface area contributed by atoms with Gasteiger partial charge in [0.1, 0.15) is 0 Å². The number of allylic oxidation sites excluding steroid dienone is 2. The molecule has 0 aromatic heterocycles. The van der Waals surface area contributed by atoms with Crippen LogP contribution in [-0.2, 0) is 4.74 Å². The molecule has 1 heterocycles. The molecule has 0 unspecified atom stereocenters. The smallest absolute Gasteiger partial charge is 0.348 e. The van der Waals surface area contributed by atoms with Crippen LogP contribution in [0.15, 0.2) is 11.6 Å². The summed E-state index contributed by atoms with van der Waals surface area (Å²) < 4.78 is 6.42. The molecule has 86 valence electrons. The molecular weight excluding hydrogens is 190 g/mol. The molecule has 3 heteroatoms. The Morgan fingerprint density at radius 2 is 2.20 bits per heavy atom. The van der Waals surface area contributed by atoms with Gasteiger partial charge in [0.05, 0.1) is 6.42 Å². The van der Waals surface area contributed by atoms with Crippen molar-refractivity contribution in [1.82, 2.24) is 0 Å². The van der Waals surface area contributed by atoms with Crippen molar-refractivity contribution < 1.29 is 9.48 Å². The minimum atomic E-state index is -0.383. The average molecular weight is 211 g/mol. The molecule has 0 bridgehead atoms. The molecule has 1 aliphatic heterocycles. The second-order valence-electron chi connectivity index (χ2n) is 4.96. The normalized spacial score (nSPS) is 18.9. The molecular formula is C12H21NO2. The van der Waals surface area contributed by atoms with Crippen molar-refractivity contribution in [2.45, 2.75) is 52.5 Å². The van der Waals surface area contributed by atoms with E-state index in [0.29, 0.717) is 12.5 Å². The summed E-state index contributed by atoms with van der Waals surface area (Å²) in [5.41, 5.74) is 0.943. The van der Waals surface area contributed by atoms with Gasteiger partial charge in [-0.2, -0.15) is 4.74 Å². The molecule has 3 nitrogen and oxygen atoms in total. The van der Waals surface area contributed by atoms with Gasteiger partial charge in [-0.1, -0.05) is 11.6 Å². The first-order chi connectivity index (χ1) is 6.93. The van der Waals surface area contributed by atoms with Crippen LogP contribution in [0.1, 0.15) is 47.0 Å². The van der Waals surface area contributed by atoms with Crippen molar-refractivity contribution in [3.8, 4) is 0 Å². The summed E-state index contributed by atoms with van der Waals surface area (Å²) in [7, 11) is 0. The third kappa shape index (κ3) is 3.26. The Bertz CT molecular complexity index is 286. The predicted octanol–water partition coefficient (Wildman–Crippen LogP) is 2.84. The van der Waals surface area contributed by atoms with Gasteiger partial charge in [0, 0.05) is 13.8 Å². The van der Waals surface area contributed by atoms with Crippen molar-refractivity contribution in [2.75, 3.05) is 6.61 Å². The largest absolute Gasteiger partial charge is 0.621 e. The topological polar surface area (TPSA) is 35.3 Å². The van der Waals surface area contributed by atoms with Crippen LogP contribution in [0.2, 0.25) is 0 Å². The van der Waals surface area contributed by atoms with Crippen molar-refractivity contribution in [1.29, 1.82) is 0 Å². The van der Waals surface area contributed by atoms with E-state index in [-0.39, 0.29) is 5.54 Å². The van der Waals surface area contributed by atoms with Crippen LogP contribution >= 0.6 is 0 Å². The molecule has 1 rings (SSSR count). The molecule has 0 aromatic carbocycles. The predicted molar refractivity (Wildman–Crippen MR) is 61.9 cm³/mol. The van der Waals surface area contributed by atoms with Gasteiger partial charge in [0.15, 0.2) is 6.61 Å². The second-order valence-corrected chi connectivity index (χ2v) is 4.96. The fraction of sp³-hybridized carbons (Fsp3) is 0.750. The highest BCUT2D eigenvalue weighted by atomic mass is 16.6. The second kappa shape index (κ2) is 4.69. The number of hydroxylamine groups is 1. The van der Waals surface area contributed by atoms with Crippen molar-refractivity contribution >= 4 is 5.90 Å². The van der Waals surface area contributed by atoms with Crippen LogP contribution in [0, 0.1) is 5.21 Å². The lowest BCUT2D eigenvalue weighted by molar-refractivity contribution is -0.528. The summed E-state index contributed by atoms with van der Waals surface area (Å²) in [6.45, 7) is 8.49. The van der Waals surface area contributed by atoms with E-state index in [4.69, 9.17) is 4.74 Å². The van der Waals surface area contributed by atoms with Crippen LogP contribution in [0.3, 0.4) is 0 Å². The standard InChI is InChI=1S/C12H21NO2/c1-10(2)7-5-6-8-11-13(14)12(3,4)9-15-11/h7H,5-6,8-9H2,1-4H3. The van der Waals surface area contributed by atoms with Crippen LogP contribution in [0.5, 0.6) is 0 Å². The molecule has 15 heavy (non-hydrogen) atoms. The van der Waals surface area contributed by atoms with Gasteiger partial charge in [-0.15, -0.1) is 0 Å². The zero-order valence-electron chi connectivity index (χ0n) is 10.2.